The number of ether oxygens (including phenoxy) is 1. The van der Waals surface area contributed by atoms with Crippen LogP contribution in [0.25, 0.3) is 0 Å². The highest BCUT2D eigenvalue weighted by Crippen LogP contribution is 2.33. The monoisotopic (exact) mass is 528 g/mol. The summed E-state index contributed by atoms with van der Waals surface area (Å²) in [5.74, 6) is 0.359. The summed E-state index contributed by atoms with van der Waals surface area (Å²) >= 11 is 3.34. The molecule has 0 radical (unpaired) electrons. The molecule has 33 heavy (non-hydrogen) atoms. The Bertz CT molecular complexity index is 1240. The minimum absolute atomic E-state index is 0.0486. The molecule has 1 heterocycles. The fraction of sp³-hybridized carbons (Fsp3) is 0.240. The van der Waals surface area contributed by atoms with Crippen molar-refractivity contribution in [3.8, 4) is 5.75 Å². The zero-order valence-corrected chi connectivity index (χ0v) is 20.8. The lowest BCUT2D eigenvalue weighted by atomic mass is 10.1. The van der Waals surface area contributed by atoms with E-state index in [1.807, 2.05) is 38.1 Å². The highest BCUT2D eigenvalue weighted by atomic mass is 79.9. The third-order valence-electron chi connectivity index (χ3n) is 5.59. The molecule has 1 aliphatic rings. The van der Waals surface area contributed by atoms with Gasteiger partial charge in [-0.1, -0.05) is 34.1 Å². The normalized spacial score (nSPS) is 15.2. The van der Waals surface area contributed by atoms with Crippen LogP contribution < -0.4 is 13.9 Å². The number of carbonyl (C=O) groups is 1. The molecular weight excluding hydrogens is 504 g/mol. The summed E-state index contributed by atoms with van der Waals surface area (Å²) < 4.78 is 34.7. The molecule has 3 aromatic rings. The van der Waals surface area contributed by atoms with E-state index in [2.05, 4.69) is 15.9 Å². The Morgan fingerprint density at radius 1 is 1.06 bits per heavy atom. The first-order valence-electron chi connectivity index (χ1n) is 10.7. The fourth-order valence-electron chi connectivity index (χ4n) is 4.07. The van der Waals surface area contributed by atoms with Crippen molar-refractivity contribution in [2.75, 3.05) is 22.4 Å². The predicted octanol–water partition coefficient (Wildman–Crippen LogP) is 5.02. The highest BCUT2D eigenvalue weighted by Gasteiger charge is 2.34. The molecule has 0 fully saturated rings. The van der Waals surface area contributed by atoms with Gasteiger partial charge < -0.3 is 9.64 Å². The van der Waals surface area contributed by atoms with E-state index in [-0.39, 0.29) is 23.4 Å². The zero-order chi connectivity index (χ0) is 23.6. The molecule has 6 nitrogen and oxygen atoms in total. The van der Waals surface area contributed by atoms with E-state index in [0.29, 0.717) is 18.0 Å². The standard InChI is InChI=1S/C25H25BrN2O4S/c1-3-32-22-12-10-21(11-13-22)27(33(30,31)23-14-8-20(26)9-15-23)17-25(29)28-18(2)16-19-6-4-5-7-24(19)28/h4-15,18H,3,16-17H2,1-2H3/t18-/m1/s1. The van der Waals surface area contributed by atoms with Crippen LogP contribution in [0.1, 0.15) is 19.4 Å². The number of hydrogen-bond acceptors (Lipinski definition) is 4. The maximum atomic E-state index is 13.6. The molecule has 1 aliphatic heterocycles. The summed E-state index contributed by atoms with van der Waals surface area (Å²) in [7, 11) is -3.99. The number of amides is 1. The lowest BCUT2D eigenvalue weighted by Crippen LogP contribution is -2.45. The molecule has 0 aliphatic carbocycles. The van der Waals surface area contributed by atoms with Crippen LogP contribution in [-0.4, -0.2) is 33.5 Å². The quantitative estimate of drug-likeness (QED) is 0.431. The topological polar surface area (TPSA) is 66.9 Å². The first kappa shape index (κ1) is 23.3. The van der Waals surface area contributed by atoms with Gasteiger partial charge in [-0.3, -0.25) is 9.10 Å². The van der Waals surface area contributed by atoms with Crippen molar-refractivity contribution < 1.29 is 17.9 Å². The largest absolute Gasteiger partial charge is 0.494 e. The second-order valence-electron chi connectivity index (χ2n) is 7.84. The molecule has 0 unspecified atom stereocenters. The second-order valence-corrected chi connectivity index (χ2v) is 10.6. The maximum absolute atomic E-state index is 13.6. The minimum atomic E-state index is -3.99. The lowest BCUT2D eigenvalue weighted by Gasteiger charge is -2.29. The number of anilines is 2. The van der Waals surface area contributed by atoms with Gasteiger partial charge in [-0.2, -0.15) is 0 Å². The third-order valence-corrected chi connectivity index (χ3v) is 7.91. The number of hydrogen-bond donors (Lipinski definition) is 0. The molecule has 0 N–H and O–H groups in total. The van der Waals surface area contributed by atoms with Crippen molar-refractivity contribution in [1.82, 2.24) is 0 Å². The van der Waals surface area contributed by atoms with Gasteiger partial charge in [0, 0.05) is 16.2 Å². The first-order chi connectivity index (χ1) is 15.8. The molecule has 4 rings (SSSR count). The van der Waals surface area contributed by atoms with Crippen molar-refractivity contribution in [2.24, 2.45) is 0 Å². The number of carbonyl (C=O) groups excluding carboxylic acids is 1. The van der Waals surface area contributed by atoms with Crippen molar-refractivity contribution >= 4 is 43.2 Å². The van der Waals surface area contributed by atoms with Crippen molar-refractivity contribution in [3.05, 3.63) is 82.8 Å². The maximum Gasteiger partial charge on any atom is 0.264 e. The number of rotatable bonds is 7. The summed E-state index contributed by atoms with van der Waals surface area (Å²) in [4.78, 5) is 15.3. The van der Waals surface area contributed by atoms with Gasteiger partial charge in [-0.05, 0) is 80.4 Å². The Morgan fingerprint density at radius 2 is 1.73 bits per heavy atom. The summed E-state index contributed by atoms with van der Waals surface area (Å²) in [5, 5.41) is 0. The minimum Gasteiger partial charge on any atom is -0.494 e. The van der Waals surface area contributed by atoms with Crippen LogP contribution in [-0.2, 0) is 21.2 Å². The summed E-state index contributed by atoms with van der Waals surface area (Å²) in [6.45, 7) is 4.05. The summed E-state index contributed by atoms with van der Waals surface area (Å²) in [6, 6.07) is 20.8. The average Bonchev–Trinajstić information content (AvgIpc) is 3.14. The number of para-hydroxylation sites is 1. The van der Waals surface area contributed by atoms with Gasteiger partial charge in [0.2, 0.25) is 5.91 Å². The molecular formula is C25H25BrN2O4S. The molecule has 0 aromatic heterocycles. The van der Waals surface area contributed by atoms with Gasteiger partial charge in [0.1, 0.15) is 12.3 Å². The van der Waals surface area contributed by atoms with Gasteiger partial charge in [-0.15, -0.1) is 0 Å². The molecule has 3 aromatic carbocycles. The van der Waals surface area contributed by atoms with E-state index in [1.165, 1.54) is 16.4 Å². The number of halogens is 1. The van der Waals surface area contributed by atoms with Crippen molar-refractivity contribution in [3.63, 3.8) is 0 Å². The van der Waals surface area contributed by atoms with Crippen LogP contribution >= 0.6 is 15.9 Å². The Hall–Kier alpha value is -2.84. The van der Waals surface area contributed by atoms with Gasteiger partial charge in [0.25, 0.3) is 10.0 Å². The molecule has 0 saturated carbocycles. The van der Waals surface area contributed by atoms with E-state index in [4.69, 9.17) is 4.74 Å². The van der Waals surface area contributed by atoms with Crippen LogP contribution in [0.5, 0.6) is 5.75 Å². The van der Waals surface area contributed by atoms with Crippen molar-refractivity contribution in [2.45, 2.75) is 31.2 Å². The van der Waals surface area contributed by atoms with Gasteiger partial charge >= 0.3 is 0 Å². The molecule has 1 atom stereocenters. The molecule has 8 heteroatoms. The fourth-order valence-corrected chi connectivity index (χ4v) is 5.75. The second kappa shape index (κ2) is 9.57. The van der Waals surface area contributed by atoms with E-state index < -0.39 is 10.0 Å². The SMILES string of the molecule is CCOc1ccc(N(CC(=O)N2c3ccccc3C[C@H]2C)S(=O)(=O)c2ccc(Br)cc2)cc1. The van der Waals surface area contributed by atoms with Gasteiger partial charge in [-0.25, -0.2) is 8.42 Å². The highest BCUT2D eigenvalue weighted by molar-refractivity contribution is 9.10. The molecule has 172 valence electrons. The Labute approximate surface area is 203 Å². The van der Waals surface area contributed by atoms with Crippen molar-refractivity contribution in [1.29, 1.82) is 0 Å². The zero-order valence-electron chi connectivity index (χ0n) is 18.4. The van der Waals surface area contributed by atoms with Gasteiger partial charge in [0.05, 0.1) is 17.2 Å². The summed E-state index contributed by atoms with van der Waals surface area (Å²) in [5.41, 5.74) is 2.32. The Morgan fingerprint density at radius 3 is 2.39 bits per heavy atom. The smallest absolute Gasteiger partial charge is 0.264 e. The number of fused-ring (bicyclic) bond motifs is 1. The number of nitrogens with zero attached hydrogens (tertiary/aromatic N) is 2. The van der Waals surface area contributed by atoms with Crippen LogP contribution in [0.2, 0.25) is 0 Å². The molecule has 0 spiro atoms. The molecule has 0 bridgehead atoms. The van der Waals surface area contributed by atoms with Crippen LogP contribution in [0.4, 0.5) is 11.4 Å². The molecule has 0 saturated heterocycles. The van der Waals surface area contributed by atoms with E-state index >= 15 is 0 Å². The molecule has 1 amide bonds. The first-order valence-corrected chi connectivity index (χ1v) is 13.0. The van der Waals surface area contributed by atoms with E-state index in [1.54, 1.807) is 41.3 Å². The number of sulfonamides is 1. The van der Waals surface area contributed by atoms with Crippen LogP contribution in [0, 0.1) is 0 Å². The third kappa shape index (κ3) is 4.77. The van der Waals surface area contributed by atoms with E-state index in [9.17, 15) is 13.2 Å². The summed E-state index contributed by atoms with van der Waals surface area (Å²) in [6.07, 6.45) is 0.741. The average molecular weight is 529 g/mol. The lowest BCUT2D eigenvalue weighted by molar-refractivity contribution is -0.117. The van der Waals surface area contributed by atoms with Crippen LogP contribution in [0.15, 0.2) is 82.2 Å². The van der Waals surface area contributed by atoms with E-state index in [0.717, 1.165) is 22.1 Å². The van der Waals surface area contributed by atoms with Crippen LogP contribution in [0.3, 0.4) is 0 Å². The number of benzene rings is 3. The Kier molecular flexibility index (Phi) is 6.76. The Balaban J connectivity index is 1.71. The van der Waals surface area contributed by atoms with Gasteiger partial charge in [0.15, 0.2) is 0 Å². The predicted molar refractivity (Wildman–Crippen MR) is 133 cm³/mol.